The van der Waals surface area contributed by atoms with E-state index in [9.17, 15) is 9.18 Å². The third-order valence-electron chi connectivity index (χ3n) is 4.36. The second-order valence-corrected chi connectivity index (χ2v) is 8.45. The van der Waals surface area contributed by atoms with Gasteiger partial charge in [-0.2, -0.15) is 0 Å². The minimum Gasteiger partial charge on any atom is -0.343 e. The molecular formula is C22H23FN2OS2. The van der Waals surface area contributed by atoms with Crippen LogP contribution in [-0.2, 0) is 11.3 Å². The molecule has 1 aromatic heterocycles. The predicted molar refractivity (Wildman–Crippen MR) is 115 cm³/mol. The van der Waals surface area contributed by atoms with Gasteiger partial charge in [-0.1, -0.05) is 30.3 Å². The van der Waals surface area contributed by atoms with Gasteiger partial charge in [0.15, 0.2) is 0 Å². The maximum absolute atomic E-state index is 13.3. The summed E-state index contributed by atoms with van der Waals surface area (Å²) in [7, 11) is 1.93. The highest BCUT2D eigenvalue weighted by Gasteiger charge is 2.19. The fraction of sp³-hybridized carbons (Fsp3) is 0.227. The summed E-state index contributed by atoms with van der Waals surface area (Å²) in [6, 6.07) is 18.3. The zero-order valence-electron chi connectivity index (χ0n) is 15.9. The van der Waals surface area contributed by atoms with Crippen molar-refractivity contribution in [3.8, 4) is 0 Å². The van der Waals surface area contributed by atoms with E-state index < -0.39 is 0 Å². The van der Waals surface area contributed by atoms with Crippen LogP contribution in [0.25, 0.3) is 0 Å². The van der Waals surface area contributed by atoms with Gasteiger partial charge in [0.25, 0.3) is 0 Å². The Kier molecular flexibility index (Phi) is 7.25. The molecule has 6 heteroatoms. The van der Waals surface area contributed by atoms with Crippen LogP contribution >= 0.6 is 23.1 Å². The van der Waals surface area contributed by atoms with Crippen LogP contribution in [0.1, 0.15) is 22.0 Å². The van der Waals surface area contributed by atoms with Crippen molar-refractivity contribution >= 4 is 29.0 Å². The number of carbonyl (C=O) groups excluding carboxylic acids is 1. The van der Waals surface area contributed by atoms with Gasteiger partial charge < -0.3 is 5.32 Å². The normalized spacial score (nSPS) is 12.1. The molecule has 0 fully saturated rings. The molecule has 2 aromatic carbocycles. The first-order valence-electron chi connectivity index (χ1n) is 8.95. The first-order chi connectivity index (χ1) is 13.5. The van der Waals surface area contributed by atoms with E-state index in [0.29, 0.717) is 6.54 Å². The Morgan fingerprint density at radius 3 is 2.46 bits per heavy atom. The van der Waals surface area contributed by atoms with E-state index in [1.807, 2.05) is 29.5 Å². The van der Waals surface area contributed by atoms with Crippen LogP contribution in [0.3, 0.4) is 0 Å². The van der Waals surface area contributed by atoms with E-state index in [0.717, 1.165) is 10.4 Å². The first kappa shape index (κ1) is 20.6. The van der Waals surface area contributed by atoms with Gasteiger partial charge in [-0.05, 0) is 60.1 Å². The summed E-state index contributed by atoms with van der Waals surface area (Å²) < 4.78 is 13.3. The number of likely N-dealkylation sites (N-methyl/N-ethyl adjacent to an activating group) is 1. The van der Waals surface area contributed by atoms with E-state index in [1.165, 1.54) is 22.6 Å². The summed E-state index contributed by atoms with van der Waals surface area (Å²) in [5, 5.41) is 5.07. The van der Waals surface area contributed by atoms with Gasteiger partial charge in [0, 0.05) is 16.3 Å². The Morgan fingerprint density at radius 1 is 1.14 bits per heavy atom. The number of nitrogens with zero attached hydrogens (tertiary/aromatic N) is 1. The molecule has 0 aliphatic heterocycles. The summed E-state index contributed by atoms with van der Waals surface area (Å²) in [5.74, 6) is -0.349. The maximum Gasteiger partial charge on any atom is 0.234 e. The molecule has 1 N–H and O–H groups in total. The number of benzene rings is 2. The van der Waals surface area contributed by atoms with Gasteiger partial charge in [-0.25, -0.2) is 4.39 Å². The number of thiophene rings is 1. The monoisotopic (exact) mass is 414 g/mol. The van der Waals surface area contributed by atoms with Crippen LogP contribution < -0.4 is 5.32 Å². The van der Waals surface area contributed by atoms with E-state index in [-0.39, 0.29) is 24.3 Å². The van der Waals surface area contributed by atoms with E-state index in [4.69, 9.17) is 0 Å². The van der Waals surface area contributed by atoms with Gasteiger partial charge in [0.05, 0.1) is 12.6 Å². The number of thioether (sulfide) groups is 1. The molecule has 0 aliphatic carbocycles. The molecule has 3 aromatic rings. The molecule has 1 amide bonds. The standard InChI is InChI=1S/C22H23FN2OS2/c1-25(14-16-5-11-19(27-2)12-6-16)15-21(26)24-22(20-4-3-13-28-20)17-7-9-18(23)10-8-17/h3-13,22H,14-15H2,1-2H3,(H,24,26)/t22-/m1/s1. The van der Waals surface area contributed by atoms with Gasteiger partial charge in [0.2, 0.25) is 5.91 Å². The minimum absolute atomic E-state index is 0.0639. The lowest BCUT2D eigenvalue weighted by atomic mass is 10.1. The quantitative estimate of drug-likeness (QED) is 0.530. The second kappa shape index (κ2) is 9.87. The molecule has 0 spiro atoms. The Labute approximate surface area is 173 Å². The SMILES string of the molecule is CSc1ccc(CN(C)CC(=O)N[C@H](c2ccc(F)cc2)c2cccs2)cc1. The Balaban J connectivity index is 1.63. The van der Waals surface area contributed by atoms with Gasteiger partial charge in [-0.15, -0.1) is 23.1 Å². The lowest BCUT2D eigenvalue weighted by Crippen LogP contribution is -2.37. The lowest BCUT2D eigenvalue weighted by Gasteiger charge is -2.21. The molecular weight excluding hydrogens is 391 g/mol. The second-order valence-electron chi connectivity index (χ2n) is 6.59. The smallest absolute Gasteiger partial charge is 0.234 e. The number of hydrogen-bond acceptors (Lipinski definition) is 4. The average Bonchev–Trinajstić information content (AvgIpc) is 3.22. The van der Waals surface area contributed by atoms with Crippen LogP contribution in [0.4, 0.5) is 4.39 Å². The number of carbonyl (C=O) groups is 1. The molecule has 0 aliphatic rings. The molecule has 0 saturated heterocycles. The van der Waals surface area contributed by atoms with Gasteiger partial charge >= 0.3 is 0 Å². The summed E-state index contributed by atoms with van der Waals surface area (Å²) >= 11 is 3.28. The summed E-state index contributed by atoms with van der Waals surface area (Å²) in [6.07, 6.45) is 2.05. The third-order valence-corrected chi connectivity index (χ3v) is 6.04. The van der Waals surface area contributed by atoms with Gasteiger partial charge in [-0.3, -0.25) is 9.69 Å². The van der Waals surface area contributed by atoms with Crippen molar-refractivity contribution in [2.45, 2.75) is 17.5 Å². The molecule has 0 radical (unpaired) electrons. The van der Waals surface area contributed by atoms with Crippen LogP contribution in [-0.4, -0.2) is 30.7 Å². The number of rotatable bonds is 8. The fourth-order valence-electron chi connectivity index (χ4n) is 2.98. The number of halogens is 1. The number of hydrogen-bond donors (Lipinski definition) is 1. The Hall–Kier alpha value is -2.15. The van der Waals surface area contributed by atoms with Crippen LogP contribution in [0.15, 0.2) is 70.9 Å². The number of amides is 1. The van der Waals surface area contributed by atoms with Gasteiger partial charge in [0.1, 0.15) is 5.82 Å². The van der Waals surface area contributed by atoms with Crippen molar-refractivity contribution in [1.82, 2.24) is 10.2 Å². The van der Waals surface area contributed by atoms with Crippen molar-refractivity contribution in [2.75, 3.05) is 19.8 Å². The molecule has 28 heavy (non-hydrogen) atoms. The Morgan fingerprint density at radius 2 is 1.86 bits per heavy atom. The molecule has 0 unspecified atom stereocenters. The lowest BCUT2D eigenvalue weighted by molar-refractivity contribution is -0.122. The van der Waals surface area contributed by atoms with Crippen molar-refractivity contribution in [3.63, 3.8) is 0 Å². The highest BCUT2D eigenvalue weighted by Crippen LogP contribution is 2.26. The minimum atomic E-state index is -0.285. The topological polar surface area (TPSA) is 32.3 Å². The van der Waals surface area contributed by atoms with Crippen LogP contribution in [0.2, 0.25) is 0 Å². The van der Waals surface area contributed by atoms with Crippen molar-refractivity contribution in [2.24, 2.45) is 0 Å². The van der Waals surface area contributed by atoms with Crippen molar-refractivity contribution in [1.29, 1.82) is 0 Å². The summed E-state index contributed by atoms with van der Waals surface area (Å²) in [5.41, 5.74) is 2.04. The zero-order chi connectivity index (χ0) is 19.9. The predicted octanol–water partition coefficient (Wildman–Crippen LogP) is 4.95. The molecule has 0 bridgehead atoms. The molecule has 1 atom stereocenters. The Bertz CT molecular complexity index is 880. The molecule has 146 valence electrons. The fourth-order valence-corrected chi connectivity index (χ4v) is 4.19. The van der Waals surface area contributed by atoms with Crippen molar-refractivity contribution in [3.05, 3.63) is 87.9 Å². The molecule has 3 rings (SSSR count). The third kappa shape index (κ3) is 5.67. The first-order valence-corrected chi connectivity index (χ1v) is 11.1. The van der Waals surface area contributed by atoms with E-state index in [1.54, 1.807) is 35.2 Å². The largest absolute Gasteiger partial charge is 0.343 e. The maximum atomic E-state index is 13.3. The highest BCUT2D eigenvalue weighted by molar-refractivity contribution is 7.98. The van der Waals surface area contributed by atoms with Crippen LogP contribution in [0, 0.1) is 5.82 Å². The molecule has 3 nitrogen and oxygen atoms in total. The molecule has 1 heterocycles. The highest BCUT2D eigenvalue weighted by atomic mass is 32.2. The summed E-state index contributed by atoms with van der Waals surface area (Å²) in [4.78, 5) is 16.9. The average molecular weight is 415 g/mol. The molecule has 0 saturated carbocycles. The van der Waals surface area contributed by atoms with Crippen LogP contribution in [0.5, 0.6) is 0 Å². The van der Waals surface area contributed by atoms with E-state index >= 15 is 0 Å². The zero-order valence-corrected chi connectivity index (χ0v) is 17.5. The van der Waals surface area contributed by atoms with Crippen molar-refractivity contribution < 1.29 is 9.18 Å². The number of nitrogens with one attached hydrogen (secondary N) is 1. The van der Waals surface area contributed by atoms with E-state index in [2.05, 4.69) is 35.8 Å². The summed E-state index contributed by atoms with van der Waals surface area (Å²) in [6.45, 7) is 0.982.